The molecule has 0 saturated heterocycles. The molecule has 1 aliphatic rings. The molecule has 38 heavy (non-hydrogen) atoms. The van der Waals surface area contributed by atoms with Crippen LogP contribution in [-0.4, -0.2) is 55.2 Å². The number of rotatable bonds is 9. The average molecular weight is 520 g/mol. The first kappa shape index (κ1) is 26.3. The lowest BCUT2D eigenvalue weighted by atomic mass is 10.1. The van der Waals surface area contributed by atoms with Crippen LogP contribution in [0.15, 0.2) is 66.7 Å². The van der Waals surface area contributed by atoms with E-state index in [1.54, 1.807) is 42.5 Å². The summed E-state index contributed by atoms with van der Waals surface area (Å²) in [5.41, 5.74) is 1.04. The molecule has 3 amide bonds. The molecule has 0 saturated carbocycles. The van der Waals surface area contributed by atoms with Gasteiger partial charge in [0.15, 0.2) is 0 Å². The van der Waals surface area contributed by atoms with Gasteiger partial charge in [-0.05, 0) is 37.3 Å². The molecule has 1 N–H and O–H groups in total. The largest absolute Gasteiger partial charge is 0.497 e. The molecule has 0 spiro atoms. The molecule has 3 aromatic rings. The molecule has 1 aliphatic heterocycles. The quantitative estimate of drug-likeness (QED) is 0.435. The lowest BCUT2D eigenvalue weighted by Gasteiger charge is -2.30. The van der Waals surface area contributed by atoms with Crippen molar-refractivity contribution in [1.82, 2.24) is 4.90 Å². The van der Waals surface area contributed by atoms with Crippen LogP contribution in [0.4, 0.5) is 15.8 Å². The number of amides is 3. The van der Waals surface area contributed by atoms with Gasteiger partial charge in [-0.2, -0.15) is 0 Å². The summed E-state index contributed by atoms with van der Waals surface area (Å²) in [5, 5.41) is 2.73. The Kier molecular flexibility index (Phi) is 7.71. The van der Waals surface area contributed by atoms with Crippen molar-refractivity contribution in [3.8, 4) is 11.5 Å². The van der Waals surface area contributed by atoms with Gasteiger partial charge in [0.25, 0.3) is 11.7 Å². The first-order valence-electron chi connectivity index (χ1n) is 11.8. The Labute approximate surface area is 218 Å². The summed E-state index contributed by atoms with van der Waals surface area (Å²) in [4.78, 5) is 54.1. The van der Waals surface area contributed by atoms with E-state index in [1.165, 1.54) is 50.3 Å². The first-order valence-corrected chi connectivity index (χ1v) is 11.8. The van der Waals surface area contributed by atoms with Crippen LogP contribution in [0.5, 0.6) is 11.5 Å². The van der Waals surface area contributed by atoms with Gasteiger partial charge < -0.3 is 19.7 Å². The minimum Gasteiger partial charge on any atom is -0.497 e. The summed E-state index contributed by atoms with van der Waals surface area (Å²) in [7, 11) is 2.94. The fourth-order valence-electron chi connectivity index (χ4n) is 4.16. The van der Waals surface area contributed by atoms with E-state index in [2.05, 4.69) is 5.32 Å². The lowest BCUT2D eigenvalue weighted by Crippen LogP contribution is -2.49. The number of halogens is 1. The average Bonchev–Trinajstić information content (AvgIpc) is 3.17. The third-order valence-electron chi connectivity index (χ3n) is 6.30. The van der Waals surface area contributed by atoms with Crippen LogP contribution in [-0.2, 0) is 20.9 Å². The molecule has 4 rings (SSSR count). The predicted octanol–water partition coefficient (Wildman–Crippen LogP) is 3.43. The van der Waals surface area contributed by atoms with Crippen LogP contribution < -0.4 is 19.7 Å². The zero-order valence-electron chi connectivity index (χ0n) is 21.1. The standard InChI is InChI=1S/C28H26FN3O6/c1-17(27(35)30-22-13-12-19(37-2)14-24(22)38-3)31(15-18-8-4-6-10-21(18)29)25(33)16-32-23-11-7-5-9-20(23)26(34)28(32)36/h4-14,17H,15-16H2,1-3H3,(H,30,35). The maximum absolute atomic E-state index is 14.5. The Morgan fingerprint density at radius 3 is 2.42 bits per heavy atom. The van der Waals surface area contributed by atoms with Gasteiger partial charge in [0, 0.05) is 18.2 Å². The summed E-state index contributed by atoms with van der Waals surface area (Å²) >= 11 is 0. The predicted molar refractivity (Wildman–Crippen MR) is 138 cm³/mol. The van der Waals surface area contributed by atoms with E-state index < -0.39 is 41.9 Å². The number of hydrogen-bond acceptors (Lipinski definition) is 6. The number of benzene rings is 3. The topological polar surface area (TPSA) is 105 Å². The molecule has 0 aliphatic carbocycles. The number of hydrogen-bond donors (Lipinski definition) is 1. The molecule has 0 fully saturated rings. The van der Waals surface area contributed by atoms with Crippen LogP contribution in [0.3, 0.4) is 0 Å². The van der Waals surface area contributed by atoms with Gasteiger partial charge in [-0.1, -0.05) is 30.3 Å². The lowest BCUT2D eigenvalue weighted by molar-refractivity contribution is -0.138. The van der Waals surface area contributed by atoms with E-state index in [9.17, 15) is 23.6 Å². The molecule has 10 heteroatoms. The van der Waals surface area contributed by atoms with E-state index in [0.29, 0.717) is 22.9 Å². The van der Waals surface area contributed by atoms with Gasteiger partial charge >= 0.3 is 0 Å². The number of nitrogens with one attached hydrogen (secondary N) is 1. The number of ether oxygens (including phenoxy) is 2. The maximum atomic E-state index is 14.5. The molecule has 9 nitrogen and oxygen atoms in total. The molecule has 1 unspecified atom stereocenters. The number of Topliss-reactive ketones (excluding diaryl/α,β-unsaturated/α-hetero) is 1. The molecular formula is C28H26FN3O6. The highest BCUT2D eigenvalue weighted by Gasteiger charge is 2.38. The molecule has 1 atom stereocenters. The third kappa shape index (κ3) is 5.19. The van der Waals surface area contributed by atoms with Gasteiger partial charge in [0.05, 0.1) is 31.2 Å². The zero-order valence-corrected chi connectivity index (χ0v) is 21.1. The Balaban J connectivity index is 1.61. The van der Waals surface area contributed by atoms with Crippen molar-refractivity contribution in [2.45, 2.75) is 19.5 Å². The molecule has 0 aromatic heterocycles. The number of anilines is 2. The Morgan fingerprint density at radius 2 is 1.71 bits per heavy atom. The summed E-state index contributed by atoms with van der Waals surface area (Å²) < 4.78 is 25.0. The van der Waals surface area contributed by atoms with Crippen LogP contribution in [0, 0.1) is 5.82 Å². The second-order valence-corrected chi connectivity index (χ2v) is 8.58. The third-order valence-corrected chi connectivity index (χ3v) is 6.30. The highest BCUT2D eigenvalue weighted by atomic mass is 19.1. The van der Waals surface area contributed by atoms with Gasteiger partial charge in [-0.15, -0.1) is 0 Å². The summed E-state index contributed by atoms with van der Waals surface area (Å²) in [6, 6.07) is 16.0. The molecule has 196 valence electrons. The molecule has 1 heterocycles. The van der Waals surface area contributed by atoms with Crippen LogP contribution in [0.25, 0.3) is 0 Å². The molecule has 0 bridgehead atoms. The Morgan fingerprint density at radius 1 is 1.00 bits per heavy atom. The fourth-order valence-corrected chi connectivity index (χ4v) is 4.16. The van der Waals surface area contributed by atoms with Gasteiger partial charge in [-0.25, -0.2) is 4.39 Å². The van der Waals surface area contributed by atoms with E-state index in [-0.39, 0.29) is 17.7 Å². The van der Waals surface area contributed by atoms with E-state index >= 15 is 0 Å². The second-order valence-electron chi connectivity index (χ2n) is 8.58. The van der Waals surface area contributed by atoms with Crippen LogP contribution >= 0.6 is 0 Å². The highest BCUT2D eigenvalue weighted by Crippen LogP contribution is 2.30. The van der Waals surface area contributed by atoms with Crippen molar-refractivity contribution in [2.75, 3.05) is 31.0 Å². The van der Waals surface area contributed by atoms with Crippen molar-refractivity contribution in [3.63, 3.8) is 0 Å². The fraction of sp³-hybridized carbons (Fsp3) is 0.214. The normalized spacial score (nSPS) is 13.1. The van der Waals surface area contributed by atoms with Gasteiger partial charge in [-0.3, -0.25) is 24.1 Å². The summed E-state index contributed by atoms with van der Waals surface area (Å²) in [6.45, 7) is 0.756. The van der Waals surface area contributed by atoms with Gasteiger partial charge in [0.1, 0.15) is 29.9 Å². The van der Waals surface area contributed by atoms with Crippen LogP contribution in [0.2, 0.25) is 0 Å². The smallest absolute Gasteiger partial charge is 0.299 e. The minimum absolute atomic E-state index is 0.187. The monoisotopic (exact) mass is 519 g/mol. The Bertz CT molecular complexity index is 1410. The number of methoxy groups -OCH3 is 2. The van der Waals surface area contributed by atoms with Gasteiger partial charge in [0.2, 0.25) is 11.8 Å². The zero-order chi connectivity index (χ0) is 27.4. The maximum Gasteiger partial charge on any atom is 0.299 e. The van der Waals surface area contributed by atoms with Crippen molar-refractivity contribution >= 4 is 34.9 Å². The number of ketones is 1. The number of para-hydroxylation sites is 1. The summed E-state index contributed by atoms with van der Waals surface area (Å²) in [5.74, 6) is -2.45. The minimum atomic E-state index is -1.09. The van der Waals surface area contributed by atoms with Crippen molar-refractivity contribution in [1.29, 1.82) is 0 Å². The van der Waals surface area contributed by atoms with E-state index in [0.717, 1.165) is 4.90 Å². The first-order chi connectivity index (χ1) is 18.2. The van der Waals surface area contributed by atoms with E-state index in [4.69, 9.17) is 9.47 Å². The highest BCUT2D eigenvalue weighted by molar-refractivity contribution is 6.52. The SMILES string of the molecule is COc1ccc(NC(=O)C(C)N(Cc2ccccc2F)C(=O)CN2C(=O)C(=O)c3ccccc32)c(OC)c1. The molecular weight excluding hydrogens is 493 g/mol. The Hall–Kier alpha value is -4.73. The van der Waals surface area contributed by atoms with E-state index in [1.807, 2.05) is 0 Å². The second kappa shape index (κ2) is 11.1. The van der Waals surface area contributed by atoms with Crippen molar-refractivity contribution < 1.29 is 33.0 Å². The van der Waals surface area contributed by atoms with Crippen molar-refractivity contribution in [3.05, 3.63) is 83.7 Å². The number of carbonyl (C=O) groups is 4. The number of nitrogens with zero attached hydrogens (tertiary/aromatic N) is 2. The van der Waals surface area contributed by atoms with Crippen LogP contribution in [0.1, 0.15) is 22.8 Å². The molecule has 3 aromatic carbocycles. The number of fused-ring (bicyclic) bond motifs is 1. The summed E-state index contributed by atoms with van der Waals surface area (Å²) in [6.07, 6.45) is 0. The molecule has 0 radical (unpaired) electrons. The van der Waals surface area contributed by atoms with Crippen molar-refractivity contribution in [2.24, 2.45) is 0 Å². The number of carbonyl (C=O) groups excluding carboxylic acids is 4.